The molecule has 21 heavy (non-hydrogen) atoms. The maximum absolute atomic E-state index is 12.3. The second-order valence-electron chi connectivity index (χ2n) is 4.55. The van der Waals surface area contributed by atoms with Gasteiger partial charge in [-0.3, -0.25) is 4.79 Å². The van der Waals surface area contributed by atoms with Crippen molar-refractivity contribution >= 4 is 16.8 Å². The summed E-state index contributed by atoms with van der Waals surface area (Å²) in [7, 11) is 1.46. The maximum Gasteiger partial charge on any atom is 0.193 e. The third-order valence-electron chi connectivity index (χ3n) is 3.26. The first-order valence-corrected chi connectivity index (χ1v) is 6.42. The topological polar surface area (TPSA) is 59.7 Å². The fourth-order valence-electron chi connectivity index (χ4n) is 2.27. The highest BCUT2D eigenvalue weighted by molar-refractivity contribution is 6.12. The zero-order valence-electron chi connectivity index (χ0n) is 11.4. The standard InChI is InChI=1S/C17H13O4/c1-20-17-12-8-9-21-15(12)10-14(19)16(17)13(18)7-6-11-4-2-3-5-11/h2-10,19H,1H3/b7-6+. The highest BCUT2D eigenvalue weighted by Crippen LogP contribution is 2.37. The van der Waals surface area contributed by atoms with Gasteiger partial charge in [0.05, 0.1) is 18.8 Å². The quantitative estimate of drug-likeness (QED) is 0.690. The summed E-state index contributed by atoms with van der Waals surface area (Å²) in [6.07, 6.45) is 12.2. The van der Waals surface area contributed by atoms with Crippen molar-refractivity contribution in [3.63, 3.8) is 0 Å². The van der Waals surface area contributed by atoms with Gasteiger partial charge in [0.2, 0.25) is 0 Å². The third kappa shape index (κ3) is 2.53. The number of carbonyl (C=O) groups excluding carboxylic acids is 1. The largest absolute Gasteiger partial charge is 0.507 e. The Morgan fingerprint density at radius 1 is 1.33 bits per heavy atom. The van der Waals surface area contributed by atoms with Gasteiger partial charge in [-0.25, -0.2) is 0 Å². The Bertz CT molecular complexity index is 690. The van der Waals surface area contributed by atoms with Gasteiger partial charge >= 0.3 is 0 Å². The molecule has 0 saturated heterocycles. The predicted octanol–water partition coefficient (Wildman–Crippen LogP) is 3.29. The summed E-state index contributed by atoms with van der Waals surface area (Å²) in [6, 6.07) is 3.12. The molecule has 0 amide bonds. The molecule has 1 aliphatic rings. The van der Waals surface area contributed by atoms with Crippen LogP contribution in [-0.4, -0.2) is 18.0 Å². The molecule has 0 bridgehead atoms. The van der Waals surface area contributed by atoms with Crippen LogP contribution in [0.15, 0.2) is 35.0 Å². The van der Waals surface area contributed by atoms with Gasteiger partial charge in [0.1, 0.15) is 22.6 Å². The summed E-state index contributed by atoms with van der Waals surface area (Å²) in [6.45, 7) is 0. The van der Waals surface area contributed by atoms with E-state index < -0.39 is 0 Å². The van der Waals surface area contributed by atoms with Crippen LogP contribution in [0.2, 0.25) is 0 Å². The Balaban J connectivity index is 1.98. The average molecular weight is 281 g/mol. The number of hydrogen-bond donors (Lipinski definition) is 1. The second kappa shape index (κ2) is 5.64. The minimum absolute atomic E-state index is 0.134. The van der Waals surface area contributed by atoms with E-state index in [1.165, 1.54) is 25.5 Å². The van der Waals surface area contributed by atoms with Crippen LogP contribution in [0.25, 0.3) is 11.0 Å². The minimum Gasteiger partial charge on any atom is -0.507 e. The van der Waals surface area contributed by atoms with Gasteiger partial charge in [0.15, 0.2) is 5.78 Å². The van der Waals surface area contributed by atoms with E-state index in [9.17, 15) is 9.90 Å². The number of allylic oxidation sites excluding steroid dienone is 2. The van der Waals surface area contributed by atoms with Crippen LogP contribution in [0, 0.1) is 31.6 Å². The fourth-order valence-corrected chi connectivity index (χ4v) is 2.27. The molecule has 1 aliphatic carbocycles. The molecule has 2 aromatic rings. The average Bonchev–Trinajstić information content (AvgIpc) is 3.14. The maximum atomic E-state index is 12.3. The number of rotatable bonds is 4. The highest BCUT2D eigenvalue weighted by Gasteiger charge is 2.21. The van der Waals surface area contributed by atoms with Crippen molar-refractivity contribution in [2.45, 2.75) is 0 Å². The van der Waals surface area contributed by atoms with Gasteiger partial charge in [-0.2, -0.15) is 0 Å². The molecule has 4 nitrogen and oxygen atoms in total. The summed E-state index contributed by atoms with van der Waals surface area (Å²) < 4.78 is 10.5. The van der Waals surface area contributed by atoms with E-state index in [0.717, 1.165) is 5.92 Å². The molecule has 1 N–H and O–H groups in total. The van der Waals surface area contributed by atoms with Crippen molar-refractivity contribution in [2.24, 2.45) is 0 Å². The van der Waals surface area contributed by atoms with Crippen molar-refractivity contribution in [3.05, 3.63) is 67.7 Å². The first-order valence-electron chi connectivity index (χ1n) is 6.42. The van der Waals surface area contributed by atoms with E-state index in [1.54, 1.807) is 12.1 Å². The minimum atomic E-state index is -0.325. The number of phenols is 1. The van der Waals surface area contributed by atoms with Crippen LogP contribution < -0.4 is 4.74 Å². The number of methoxy groups -OCH3 is 1. The molecule has 1 heterocycles. The normalized spacial score (nSPS) is 16.0. The Morgan fingerprint density at radius 2 is 2.10 bits per heavy atom. The molecular weight excluding hydrogens is 268 g/mol. The molecule has 0 spiro atoms. The van der Waals surface area contributed by atoms with Crippen LogP contribution in [0.3, 0.4) is 0 Å². The summed E-state index contributed by atoms with van der Waals surface area (Å²) >= 11 is 0. The van der Waals surface area contributed by atoms with Crippen molar-refractivity contribution in [1.29, 1.82) is 0 Å². The summed E-state index contributed by atoms with van der Waals surface area (Å²) in [5.41, 5.74) is 0.607. The van der Waals surface area contributed by atoms with Crippen LogP contribution in [-0.2, 0) is 0 Å². The molecule has 0 atom stereocenters. The van der Waals surface area contributed by atoms with Crippen molar-refractivity contribution in [2.75, 3.05) is 7.11 Å². The lowest BCUT2D eigenvalue weighted by Crippen LogP contribution is -2.01. The molecule has 1 saturated carbocycles. The van der Waals surface area contributed by atoms with E-state index in [-0.39, 0.29) is 17.1 Å². The van der Waals surface area contributed by atoms with Crippen molar-refractivity contribution < 1.29 is 19.1 Å². The van der Waals surface area contributed by atoms with E-state index >= 15 is 0 Å². The van der Waals surface area contributed by atoms with Crippen LogP contribution in [0.4, 0.5) is 0 Å². The lowest BCUT2D eigenvalue weighted by Gasteiger charge is -2.09. The number of furan rings is 1. The van der Waals surface area contributed by atoms with Crippen LogP contribution >= 0.6 is 0 Å². The Hall–Kier alpha value is -2.23. The summed E-state index contributed by atoms with van der Waals surface area (Å²) in [4.78, 5) is 12.3. The third-order valence-corrected chi connectivity index (χ3v) is 3.26. The fraction of sp³-hybridized carbons (Fsp3) is 0.0588. The zero-order valence-corrected chi connectivity index (χ0v) is 11.4. The number of aromatic hydroxyl groups is 1. The van der Waals surface area contributed by atoms with Gasteiger partial charge in [-0.15, -0.1) is 0 Å². The number of carbonyl (C=O) groups is 1. The highest BCUT2D eigenvalue weighted by atomic mass is 16.5. The van der Waals surface area contributed by atoms with Gasteiger partial charge in [-0.05, 0) is 37.8 Å². The number of fused-ring (bicyclic) bond motifs is 1. The van der Waals surface area contributed by atoms with Crippen LogP contribution in [0.1, 0.15) is 10.4 Å². The van der Waals surface area contributed by atoms with E-state index in [0.29, 0.717) is 16.7 Å². The molecule has 4 heteroatoms. The van der Waals surface area contributed by atoms with Gasteiger partial charge in [0, 0.05) is 12.0 Å². The number of phenolic OH excluding ortho intramolecular Hbond substituents is 1. The number of ketones is 1. The van der Waals surface area contributed by atoms with Gasteiger partial charge < -0.3 is 14.3 Å². The van der Waals surface area contributed by atoms with Crippen molar-refractivity contribution in [3.8, 4) is 11.5 Å². The molecule has 3 rings (SSSR count). The molecule has 1 fully saturated rings. The van der Waals surface area contributed by atoms with Crippen molar-refractivity contribution in [1.82, 2.24) is 0 Å². The van der Waals surface area contributed by atoms with Gasteiger partial charge in [0.25, 0.3) is 0 Å². The first kappa shape index (κ1) is 13.7. The Kier molecular flexibility index (Phi) is 3.69. The first-order chi connectivity index (χ1) is 10.2. The number of ether oxygens (including phenoxy) is 1. The SMILES string of the molecule is COc1c(C(=O)/C=C/[C]2[CH][CH][CH][CH]2)c(O)cc2occc12. The summed E-state index contributed by atoms with van der Waals surface area (Å²) in [5.74, 6) is 0.752. The number of hydrogen-bond acceptors (Lipinski definition) is 4. The molecule has 105 valence electrons. The van der Waals surface area contributed by atoms with Crippen LogP contribution in [0.5, 0.6) is 11.5 Å². The van der Waals surface area contributed by atoms with E-state index in [4.69, 9.17) is 9.15 Å². The molecule has 5 radical (unpaired) electrons. The Labute approximate surface area is 123 Å². The summed E-state index contributed by atoms with van der Waals surface area (Å²) in [5, 5.41) is 10.7. The molecule has 1 aromatic heterocycles. The lowest BCUT2D eigenvalue weighted by atomic mass is 10.0. The van der Waals surface area contributed by atoms with E-state index in [2.05, 4.69) is 0 Å². The lowest BCUT2D eigenvalue weighted by molar-refractivity contribution is 0.104. The molecule has 1 aromatic carbocycles. The monoisotopic (exact) mass is 281 g/mol. The van der Waals surface area contributed by atoms with E-state index in [1.807, 2.05) is 25.7 Å². The predicted molar refractivity (Wildman–Crippen MR) is 78.3 cm³/mol. The smallest absolute Gasteiger partial charge is 0.193 e. The second-order valence-corrected chi connectivity index (χ2v) is 4.55. The molecular formula is C17H13O4. The molecule has 0 unspecified atom stereocenters. The zero-order chi connectivity index (χ0) is 14.8. The van der Waals surface area contributed by atoms with Gasteiger partial charge in [-0.1, -0.05) is 6.08 Å². The Morgan fingerprint density at radius 3 is 2.81 bits per heavy atom. The number of benzene rings is 1. The molecule has 0 aliphatic heterocycles.